The number of nitrogens with zero attached hydrogens (tertiary/aromatic N) is 3. The van der Waals surface area contributed by atoms with Crippen LogP contribution in [0.5, 0.6) is 0 Å². The fourth-order valence-corrected chi connectivity index (χ4v) is 2.54. The predicted molar refractivity (Wildman–Crippen MR) is 89.8 cm³/mol. The first-order chi connectivity index (χ1) is 11.0. The Morgan fingerprint density at radius 2 is 1.96 bits per heavy atom. The van der Waals surface area contributed by atoms with E-state index >= 15 is 0 Å². The molecular formula is C18H25N3O2. The molecule has 1 aromatic heterocycles. The van der Waals surface area contributed by atoms with Gasteiger partial charge >= 0.3 is 5.97 Å². The van der Waals surface area contributed by atoms with Gasteiger partial charge < -0.3 is 4.74 Å². The summed E-state index contributed by atoms with van der Waals surface area (Å²) in [7, 11) is 3.35. The normalized spacial score (nSPS) is 11.2. The number of carbonyl (C=O) groups is 1. The molecule has 1 heterocycles. The van der Waals surface area contributed by atoms with Gasteiger partial charge in [0.05, 0.1) is 19.7 Å². The van der Waals surface area contributed by atoms with Crippen LogP contribution in [0.15, 0.2) is 36.7 Å². The lowest BCUT2D eigenvalue weighted by molar-refractivity contribution is -0.139. The van der Waals surface area contributed by atoms with E-state index in [9.17, 15) is 4.79 Å². The summed E-state index contributed by atoms with van der Waals surface area (Å²) in [5, 5.41) is 4.23. The first kappa shape index (κ1) is 17.2. The predicted octanol–water partition coefficient (Wildman–Crippen LogP) is 2.55. The van der Waals surface area contributed by atoms with Crippen molar-refractivity contribution < 1.29 is 9.53 Å². The molecule has 5 nitrogen and oxygen atoms in total. The lowest BCUT2D eigenvalue weighted by Crippen LogP contribution is -2.30. The molecule has 0 unspecified atom stereocenters. The van der Waals surface area contributed by atoms with Gasteiger partial charge in [0.2, 0.25) is 0 Å². The van der Waals surface area contributed by atoms with Crippen molar-refractivity contribution in [2.75, 3.05) is 7.11 Å². The Labute approximate surface area is 137 Å². The lowest BCUT2D eigenvalue weighted by atomic mass is 10.0. The molecule has 0 aliphatic heterocycles. The van der Waals surface area contributed by atoms with E-state index < -0.39 is 0 Å². The van der Waals surface area contributed by atoms with Crippen LogP contribution in [-0.2, 0) is 36.1 Å². The van der Waals surface area contributed by atoms with Gasteiger partial charge in [-0.1, -0.05) is 24.3 Å². The number of esters is 1. The Morgan fingerprint density at radius 3 is 2.52 bits per heavy atom. The van der Waals surface area contributed by atoms with Crippen LogP contribution in [0, 0.1) is 0 Å². The zero-order chi connectivity index (χ0) is 16.8. The van der Waals surface area contributed by atoms with Crippen molar-refractivity contribution in [3.05, 3.63) is 53.3 Å². The molecule has 0 spiro atoms. The summed E-state index contributed by atoms with van der Waals surface area (Å²) < 4.78 is 6.61. The molecule has 124 valence electrons. The van der Waals surface area contributed by atoms with Crippen molar-refractivity contribution in [1.82, 2.24) is 14.7 Å². The second-order valence-corrected chi connectivity index (χ2v) is 6.04. The van der Waals surface area contributed by atoms with Crippen molar-refractivity contribution >= 4 is 5.97 Å². The van der Waals surface area contributed by atoms with Crippen molar-refractivity contribution in [3.8, 4) is 0 Å². The van der Waals surface area contributed by atoms with E-state index in [-0.39, 0.29) is 5.97 Å². The van der Waals surface area contributed by atoms with Gasteiger partial charge in [-0.3, -0.25) is 14.4 Å². The number of aromatic nitrogens is 2. The van der Waals surface area contributed by atoms with Gasteiger partial charge in [0, 0.05) is 37.9 Å². The molecule has 0 fully saturated rings. The van der Waals surface area contributed by atoms with Crippen molar-refractivity contribution in [2.45, 2.75) is 39.4 Å². The Bertz CT molecular complexity index is 649. The summed E-state index contributed by atoms with van der Waals surface area (Å²) in [5.74, 6) is -0.208. The summed E-state index contributed by atoms with van der Waals surface area (Å²) in [4.78, 5) is 14.0. The van der Waals surface area contributed by atoms with Gasteiger partial charge in [-0.2, -0.15) is 5.10 Å². The molecule has 0 N–H and O–H groups in total. The van der Waals surface area contributed by atoms with Crippen LogP contribution < -0.4 is 0 Å². The van der Waals surface area contributed by atoms with Crippen molar-refractivity contribution in [2.24, 2.45) is 7.05 Å². The van der Waals surface area contributed by atoms with Gasteiger partial charge in [0.1, 0.15) is 0 Å². The molecule has 2 aromatic rings. The summed E-state index contributed by atoms with van der Waals surface area (Å²) in [6.07, 6.45) is 4.25. The average Bonchev–Trinajstić information content (AvgIpc) is 2.93. The number of rotatable bonds is 7. The van der Waals surface area contributed by atoms with Crippen molar-refractivity contribution in [1.29, 1.82) is 0 Å². The molecule has 0 aliphatic rings. The molecular weight excluding hydrogens is 290 g/mol. The van der Waals surface area contributed by atoms with Gasteiger partial charge in [-0.25, -0.2) is 0 Å². The molecule has 23 heavy (non-hydrogen) atoms. The van der Waals surface area contributed by atoms with E-state index in [4.69, 9.17) is 4.74 Å². The summed E-state index contributed by atoms with van der Waals surface area (Å²) in [6.45, 7) is 5.98. The molecule has 2 rings (SSSR count). The Balaban J connectivity index is 2.15. The molecule has 0 radical (unpaired) electrons. The zero-order valence-electron chi connectivity index (χ0n) is 14.3. The van der Waals surface area contributed by atoms with E-state index in [1.165, 1.54) is 12.7 Å². The maximum absolute atomic E-state index is 11.6. The lowest BCUT2D eigenvalue weighted by Gasteiger charge is -2.27. The first-order valence-corrected chi connectivity index (χ1v) is 7.84. The largest absolute Gasteiger partial charge is 0.469 e. The molecule has 0 aliphatic carbocycles. The quantitative estimate of drug-likeness (QED) is 0.737. The third kappa shape index (κ3) is 4.93. The van der Waals surface area contributed by atoms with Crippen LogP contribution in [0.25, 0.3) is 0 Å². The summed E-state index contributed by atoms with van der Waals surface area (Å²) in [6, 6.07) is 8.44. The minimum absolute atomic E-state index is 0.208. The average molecular weight is 315 g/mol. The first-order valence-electron chi connectivity index (χ1n) is 7.84. The van der Waals surface area contributed by atoms with Crippen LogP contribution in [-0.4, -0.2) is 33.8 Å². The zero-order valence-corrected chi connectivity index (χ0v) is 14.3. The van der Waals surface area contributed by atoms with Crippen LogP contribution in [0.4, 0.5) is 0 Å². The Morgan fingerprint density at radius 1 is 1.26 bits per heavy atom. The summed E-state index contributed by atoms with van der Waals surface area (Å²) in [5.41, 5.74) is 3.37. The second kappa shape index (κ2) is 7.92. The highest BCUT2D eigenvalue weighted by Crippen LogP contribution is 2.17. The van der Waals surface area contributed by atoms with E-state index in [1.54, 1.807) is 0 Å². The number of ether oxygens (including phenoxy) is 1. The molecule has 5 heteroatoms. The Hall–Kier alpha value is -2.14. The SMILES string of the molecule is COC(=O)Cc1ccccc1CN(Cc1cnn(C)c1)C(C)C. The number of carbonyl (C=O) groups excluding carboxylic acids is 1. The van der Waals surface area contributed by atoms with Crippen molar-refractivity contribution in [3.63, 3.8) is 0 Å². The fourth-order valence-electron chi connectivity index (χ4n) is 2.54. The van der Waals surface area contributed by atoms with Crippen LogP contribution in [0.3, 0.4) is 0 Å². The number of aryl methyl sites for hydroxylation is 1. The topological polar surface area (TPSA) is 47.4 Å². The van der Waals surface area contributed by atoms with Gasteiger partial charge in [0.15, 0.2) is 0 Å². The number of benzene rings is 1. The molecule has 0 saturated carbocycles. The maximum Gasteiger partial charge on any atom is 0.309 e. The highest BCUT2D eigenvalue weighted by atomic mass is 16.5. The number of methoxy groups -OCH3 is 1. The maximum atomic E-state index is 11.6. The molecule has 1 aromatic carbocycles. The smallest absolute Gasteiger partial charge is 0.309 e. The standard InChI is InChI=1S/C18H25N3O2/c1-14(2)21(12-15-10-19-20(3)11-15)13-17-8-6-5-7-16(17)9-18(22)23-4/h5-8,10-11,14H,9,12-13H2,1-4H3. The fraction of sp³-hybridized carbons (Fsp3) is 0.444. The van der Waals surface area contributed by atoms with Gasteiger partial charge in [-0.15, -0.1) is 0 Å². The molecule has 0 bridgehead atoms. The van der Waals surface area contributed by atoms with Crippen LogP contribution in [0.2, 0.25) is 0 Å². The number of hydrogen-bond donors (Lipinski definition) is 0. The highest BCUT2D eigenvalue weighted by molar-refractivity contribution is 5.72. The summed E-state index contributed by atoms with van der Waals surface area (Å²) >= 11 is 0. The van der Waals surface area contributed by atoms with E-state index in [2.05, 4.69) is 29.9 Å². The second-order valence-electron chi connectivity index (χ2n) is 6.04. The molecule has 0 saturated heterocycles. The highest BCUT2D eigenvalue weighted by Gasteiger charge is 2.15. The third-order valence-electron chi connectivity index (χ3n) is 3.93. The van der Waals surface area contributed by atoms with E-state index in [1.807, 2.05) is 42.3 Å². The minimum atomic E-state index is -0.208. The van der Waals surface area contributed by atoms with Crippen LogP contribution >= 0.6 is 0 Å². The molecule has 0 atom stereocenters. The number of hydrogen-bond acceptors (Lipinski definition) is 4. The van der Waals surface area contributed by atoms with Gasteiger partial charge in [0.25, 0.3) is 0 Å². The van der Waals surface area contributed by atoms with Gasteiger partial charge in [-0.05, 0) is 25.0 Å². The third-order valence-corrected chi connectivity index (χ3v) is 3.93. The minimum Gasteiger partial charge on any atom is -0.469 e. The monoisotopic (exact) mass is 315 g/mol. The Kier molecular flexibility index (Phi) is 5.93. The van der Waals surface area contributed by atoms with E-state index in [0.29, 0.717) is 12.5 Å². The molecule has 0 amide bonds. The van der Waals surface area contributed by atoms with E-state index in [0.717, 1.165) is 24.2 Å². The van der Waals surface area contributed by atoms with Crippen LogP contribution in [0.1, 0.15) is 30.5 Å².